The molecule has 1 saturated heterocycles. The first-order valence-electron chi connectivity index (χ1n) is 10.1. The number of carbonyl (C=O) groups is 1. The van der Waals surface area contributed by atoms with E-state index >= 15 is 0 Å². The van der Waals surface area contributed by atoms with Crippen molar-refractivity contribution < 1.29 is 32.2 Å². The van der Waals surface area contributed by atoms with Crippen molar-refractivity contribution in [3.05, 3.63) is 36.4 Å². The number of ether oxygens (including phenoxy) is 4. The Bertz CT molecular complexity index is 1070. The Balaban J connectivity index is 1.77. The Kier molecular flexibility index (Phi) is 7.47. The van der Waals surface area contributed by atoms with Crippen LogP contribution in [0.25, 0.3) is 0 Å². The van der Waals surface area contributed by atoms with Crippen LogP contribution in [0.4, 0.5) is 5.69 Å². The fourth-order valence-electron chi connectivity index (χ4n) is 3.64. The summed E-state index contributed by atoms with van der Waals surface area (Å²) in [5.41, 5.74) is 0.498. The molecule has 0 saturated carbocycles. The third kappa shape index (κ3) is 4.91. The fraction of sp³-hybridized carbons (Fsp3) is 0.409. The molecule has 0 aromatic heterocycles. The van der Waals surface area contributed by atoms with Crippen LogP contribution in [0.3, 0.4) is 0 Å². The Morgan fingerprint density at radius 3 is 2.31 bits per heavy atom. The van der Waals surface area contributed by atoms with Crippen LogP contribution < -0.4 is 24.3 Å². The highest BCUT2D eigenvalue weighted by Gasteiger charge is 2.34. The third-order valence-electron chi connectivity index (χ3n) is 5.41. The molecule has 2 aromatic carbocycles. The average molecular weight is 465 g/mol. The van der Waals surface area contributed by atoms with E-state index in [0.29, 0.717) is 48.1 Å². The number of carbonyl (C=O) groups excluding carboxylic acids is 1. The lowest BCUT2D eigenvalue weighted by Crippen LogP contribution is -2.43. The summed E-state index contributed by atoms with van der Waals surface area (Å²) in [4.78, 5) is 13.0. The smallest absolute Gasteiger partial charge is 0.243 e. The zero-order chi connectivity index (χ0) is 23.3. The van der Waals surface area contributed by atoms with Crippen LogP contribution >= 0.6 is 0 Å². The largest absolute Gasteiger partial charge is 0.497 e. The fourth-order valence-corrected chi connectivity index (χ4v) is 5.18. The van der Waals surface area contributed by atoms with Gasteiger partial charge in [-0.15, -0.1) is 0 Å². The Morgan fingerprint density at radius 1 is 0.938 bits per heavy atom. The van der Waals surface area contributed by atoms with E-state index in [2.05, 4.69) is 5.32 Å². The molecule has 1 aliphatic heterocycles. The molecule has 1 fully saturated rings. The van der Waals surface area contributed by atoms with Gasteiger partial charge in [-0.25, -0.2) is 8.42 Å². The van der Waals surface area contributed by atoms with Gasteiger partial charge in [-0.1, -0.05) is 0 Å². The number of amides is 1. The molecule has 0 unspecified atom stereocenters. The van der Waals surface area contributed by atoms with Gasteiger partial charge in [-0.3, -0.25) is 4.79 Å². The first-order chi connectivity index (χ1) is 15.3. The average Bonchev–Trinajstić information content (AvgIpc) is 2.83. The van der Waals surface area contributed by atoms with Crippen LogP contribution in [0.1, 0.15) is 12.8 Å². The van der Waals surface area contributed by atoms with E-state index in [-0.39, 0.29) is 17.3 Å². The van der Waals surface area contributed by atoms with Crippen LogP contribution in [0.15, 0.2) is 41.3 Å². The first-order valence-corrected chi connectivity index (χ1v) is 11.5. The lowest BCUT2D eigenvalue weighted by molar-refractivity contribution is -0.120. The molecule has 1 amide bonds. The van der Waals surface area contributed by atoms with Crippen LogP contribution in [0.5, 0.6) is 23.0 Å². The first kappa shape index (κ1) is 23.7. The van der Waals surface area contributed by atoms with Gasteiger partial charge in [0.1, 0.15) is 11.5 Å². The van der Waals surface area contributed by atoms with E-state index in [1.54, 1.807) is 31.4 Å². The molecule has 10 heteroatoms. The second kappa shape index (κ2) is 10.1. The second-order valence-electron chi connectivity index (χ2n) is 7.27. The van der Waals surface area contributed by atoms with Crippen LogP contribution in [-0.4, -0.2) is 60.2 Å². The Morgan fingerprint density at radius 2 is 1.66 bits per heavy atom. The molecule has 2 aromatic rings. The molecule has 9 nitrogen and oxygen atoms in total. The molecule has 1 N–H and O–H groups in total. The van der Waals surface area contributed by atoms with Crippen molar-refractivity contribution in [3.8, 4) is 23.0 Å². The van der Waals surface area contributed by atoms with E-state index in [4.69, 9.17) is 18.9 Å². The van der Waals surface area contributed by atoms with Crippen molar-refractivity contribution in [2.45, 2.75) is 17.7 Å². The quantitative estimate of drug-likeness (QED) is 0.641. The maximum absolute atomic E-state index is 13.2. The standard InChI is InChI=1S/C22H28N2O7S/c1-28-16-7-9-18(20(12-16)30-3)23-22(25)15-6-5-11-24(14-15)32(26,27)17-8-10-19(29-2)21(13-17)31-4/h7-10,12-13,15H,5-6,11,14H2,1-4H3,(H,23,25)/t15-/m0/s1. The predicted molar refractivity (Wildman–Crippen MR) is 119 cm³/mol. The molecule has 32 heavy (non-hydrogen) atoms. The van der Waals surface area contributed by atoms with E-state index in [0.717, 1.165) is 0 Å². The predicted octanol–water partition coefficient (Wildman–Crippen LogP) is 2.76. The van der Waals surface area contributed by atoms with Crippen LogP contribution in [0.2, 0.25) is 0 Å². The number of anilines is 1. The number of rotatable bonds is 8. The molecule has 1 atom stereocenters. The molecule has 0 bridgehead atoms. The van der Waals surface area contributed by atoms with Crippen molar-refractivity contribution in [2.24, 2.45) is 5.92 Å². The number of sulfonamides is 1. The third-order valence-corrected chi connectivity index (χ3v) is 7.28. The van der Waals surface area contributed by atoms with Gasteiger partial charge < -0.3 is 24.3 Å². The highest BCUT2D eigenvalue weighted by molar-refractivity contribution is 7.89. The summed E-state index contributed by atoms with van der Waals surface area (Å²) in [6, 6.07) is 9.53. The monoisotopic (exact) mass is 464 g/mol. The molecule has 174 valence electrons. The molecular formula is C22H28N2O7S. The van der Waals surface area contributed by atoms with Crippen molar-refractivity contribution in [1.82, 2.24) is 4.31 Å². The lowest BCUT2D eigenvalue weighted by atomic mass is 9.98. The zero-order valence-corrected chi connectivity index (χ0v) is 19.4. The van der Waals surface area contributed by atoms with Gasteiger partial charge in [0.2, 0.25) is 15.9 Å². The number of nitrogens with one attached hydrogen (secondary N) is 1. The minimum Gasteiger partial charge on any atom is -0.497 e. The number of methoxy groups -OCH3 is 4. The SMILES string of the molecule is COc1ccc(NC(=O)[C@H]2CCCN(S(=O)(=O)c3ccc(OC)c(OC)c3)C2)c(OC)c1. The highest BCUT2D eigenvalue weighted by Crippen LogP contribution is 2.33. The number of piperidine rings is 1. The molecule has 1 heterocycles. The van der Waals surface area contributed by atoms with E-state index < -0.39 is 15.9 Å². The highest BCUT2D eigenvalue weighted by atomic mass is 32.2. The van der Waals surface area contributed by atoms with Gasteiger partial charge in [0.15, 0.2) is 11.5 Å². The molecule has 3 rings (SSSR count). The lowest BCUT2D eigenvalue weighted by Gasteiger charge is -2.31. The van der Waals surface area contributed by atoms with Crippen LogP contribution in [-0.2, 0) is 14.8 Å². The topological polar surface area (TPSA) is 103 Å². The Hall–Kier alpha value is -2.98. The number of nitrogens with zero attached hydrogens (tertiary/aromatic N) is 1. The van der Waals surface area contributed by atoms with E-state index in [1.165, 1.54) is 37.8 Å². The maximum atomic E-state index is 13.2. The van der Waals surface area contributed by atoms with Crippen molar-refractivity contribution >= 4 is 21.6 Å². The van der Waals surface area contributed by atoms with Gasteiger partial charge in [-0.2, -0.15) is 4.31 Å². The summed E-state index contributed by atoms with van der Waals surface area (Å²) in [6.07, 6.45) is 1.16. The van der Waals surface area contributed by atoms with Crippen molar-refractivity contribution in [3.63, 3.8) is 0 Å². The number of hydrogen-bond donors (Lipinski definition) is 1. The van der Waals surface area contributed by atoms with Crippen LogP contribution in [0, 0.1) is 5.92 Å². The molecule has 0 aliphatic carbocycles. The summed E-state index contributed by atoms with van der Waals surface area (Å²) in [5, 5.41) is 2.85. The van der Waals surface area contributed by atoms with Gasteiger partial charge in [0.25, 0.3) is 0 Å². The summed E-state index contributed by atoms with van der Waals surface area (Å²) in [6.45, 7) is 0.424. The van der Waals surface area contributed by atoms with Gasteiger partial charge >= 0.3 is 0 Å². The minimum atomic E-state index is -3.80. The maximum Gasteiger partial charge on any atom is 0.243 e. The summed E-state index contributed by atoms with van der Waals surface area (Å²) in [5.74, 6) is 1.07. The number of hydrogen-bond acceptors (Lipinski definition) is 7. The summed E-state index contributed by atoms with van der Waals surface area (Å²) in [7, 11) is 2.17. The van der Waals surface area contributed by atoms with Gasteiger partial charge in [-0.05, 0) is 37.1 Å². The molecule has 1 aliphatic rings. The van der Waals surface area contributed by atoms with E-state index in [9.17, 15) is 13.2 Å². The Labute approximate surface area is 188 Å². The normalized spacial score (nSPS) is 16.8. The second-order valence-corrected chi connectivity index (χ2v) is 9.21. The zero-order valence-electron chi connectivity index (χ0n) is 18.6. The van der Waals surface area contributed by atoms with Crippen molar-refractivity contribution in [1.29, 1.82) is 0 Å². The molecular weight excluding hydrogens is 436 g/mol. The van der Waals surface area contributed by atoms with Gasteiger partial charge in [0, 0.05) is 25.2 Å². The number of benzene rings is 2. The van der Waals surface area contributed by atoms with Crippen molar-refractivity contribution in [2.75, 3.05) is 46.8 Å². The molecule has 0 radical (unpaired) electrons. The minimum absolute atomic E-state index is 0.0843. The molecule has 0 spiro atoms. The summed E-state index contributed by atoms with van der Waals surface area (Å²) >= 11 is 0. The summed E-state index contributed by atoms with van der Waals surface area (Å²) < 4.78 is 48.7. The van der Waals surface area contributed by atoms with E-state index in [1.807, 2.05) is 0 Å². The van der Waals surface area contributed by atoms with Gasteiger partial charge in [0.05, 0.1) is 44.9 Å².